The largest absolute Gasteiger partial charge is 0.339 e. The van der Waals surface area contributed by atoms with Gasteiger partial charge in [-0.3, -0.25) is 4.79 Å². The van der Waals surface area contributed by atoms with Crippen LogP contribution in [-0.4, -0.2) is 43.0 Å². The van der Waals surface area contributed by atoms with Gasteiger partial charge in [0.05, 0.1) is 0 Å². The normalized spacial score (nSPS) is 10.1. The van der Waals surface area contributed by atoms with Gasteiger partial charge in [0.25, 0.3) is 5.91 Å². The highest BCUT2D eigenvalue weighted by molar-refractivity contribution is 6.29. The second-order valence-corrected chi connectivity index (χ2v) is 3.56. The summed E-state index contributed by atoms with van der Waals surface area (Å²) in [5.74, 6) is -0.118. The highest BCUT2D eigenvalue weighted by atomic mass is 35.5. The number of rotatable bonds is 4. The summed E-state index contributed by atoms with van der Waals surface area (Å²) in [6.45, 7) is 1.40. The number of hydrogen-bond acceptors (Lipinski definition) is 3. The zero-order valence-electron chi connectivity index (χ0n) is 8.83. The Bertz CT molecular complexity index is 343. The summed E-state index contributed by atoms with van der Waals surface area (Å²) in [5.41, 5.74) is 0.376. The minimum absolute atomic E-state index is 0.118. The maximum absolute atomic E-state index is 11.8. The highest BCUT2D eigenvalue weighted by Crippen LogP contribution is 2.06. The van der Waals surface area contributed by atoms with Gasteiger partial charge in [-0.05, 0) is 19.2 Å². The SMILES string of the molecule is CNCCN(C)C(=O)c1cccc(Cl)n1. The van der Waals surface area contributed by atoms with Crippen LogP contribution >= 0.6 is 11.6 Å². The van der Waals surface area contributed by atoms with Crippen molar-refractivity contribution in [1.29, 1.82) is 0 Å². The van der Waals surface area contributed by atoms with E-state index in [4.69, 9.17) is 11.6 Å². The molecule has 1 aromatic heterocycles. The Labute approximate surface area is 94.3 Å². The van der Waals surface area contributed by atoms with E-state index in [1.807, 2.05) is 7.05 Å². The Kier molecular flexibility index (Phi) is 4.52. The predicted octanol–water partition coefficient (Wildman–Crippen LogP) is 1.03. The molecule has 0 bridgehead atoms. The standard InChI is InChI=1S/C10H14ClN3O/c1-12-6-7-14(2)10(15)8-4-3-5-9(11)13-8/h3-5,12H,6-7H2,1-2H3. The average Bonchev–Trinajstić information content (AvgIpc) is 2.24. The van der Waals surface area contributed by atoms with E-state index in [9.17, 15) is 4.79 Å². The molecule has 0 fully saturated rings. The van der Waals surface area contributed by atoms with E-state index in [1.54, 1.807) is 30.1 Å². The molecule has 1 heterocycles. The van der Waals surface area contributed by atoms with E-state index >= 15 is 0 Å². The van der Waals surface area contributed by atoms with Gasteiger partial charge in [0.15, 0.2) is 0 Å². The first-order valence-electron chi connectivity index (χ1n) is 4.67. The van der Waals surface area contributed by atoms with E-state index in [0.717, 1.165) is 6.54 Å². The molecule has 1 aromatic rings. The van der Waals surface area contributed by atoms with Gasteiger partial charge in [0.2, 0.25) is 0 Å². The van der Waals surface area contributed by atoms with Crippen LogP contribution < -0.4 is 5.32 Å². The molecule has 0 aliphatic heterocycles. The van der Waals surface area contributed by atoms with E-state index in [0.29, 0.717) is 17.4 Å². The fourth-order valence-electron chi connectivity index (χ4n) is 1.10. The number of carbonyl (C=O) groups excluding carboxylic acids is 1. The van der Waals surface area contributed by atoms with Crippen molar-refractivity contribution in [3.63, 3.8) is 0 Å². The lowest BCUT2D eigenvalue weighted by molar-refractivity contribution is 0.0791. The Morgan fingerprint density at radius 1 is 1.60 bits per heavy atom. The molecule has 1 N–H and O–H groups in total. The van der Waals surface area contributed by atoms with Crippen molar-refractivity contribution in [1.82, 2.24) is 15.2 Å². The number of likely N-dealkylation sites (N-methyl/N-ethyl adjacent to an activating group) is 2. The van der Waals surface area contributed by atoms with Crippen LogP contribution in [0.2, 0.25) is 5.15 Å². The minimum Gasteiger partial charge on any atom is -0.339 e. The number of aromatic nitrogens is 1. The fraction of sp³-hybridized carbons (Fsp3) is 0.400. The molecule has 4 nitrogen and oxygen atoms in total. The Morgan fingerprint density at radius 3 is 2.93 bits per heavy atom. The van der Waals surface area contributed by atoms with Crippen LogP contribution in [0.25, 0.3) is 0 Å². The third-order valence-corrected chi connectivity index (χ3v) is 2.19. The monoisotopic (exact) mass is 227 g/mol. The van der Waals surface area contributed by atoms with Crippen molar-refractivity contribution >= 4 is 17.5 Å². The van der Waals surface area contributed by atoms with Crippen LogP contribution in [0.1, 0.15) is 10.5 Å². The Balaban J connectivity index is 2.67. The van der Waals surface area contributed by atoms with Crippen molar-refractivity contribution < 1.29 is 4.79 Å². The molecule has 0 atom stereocenters. The molecule has 0 aliphatic rings. The molecule has 0 aliphatic carbocycles. The highest BCUT2D eigenvalue weighted by Gasteiger charge is 2.12. The summed E-state index contributed by atoms with van der Waals surface area (Å²) in [4.78, 5) is 17.3. The molecule has 0 radical (unpaired) electrons. The second-order valence-electron chi connectivity index (χ2n) is 3.18. The maximum atomic E-state index is 11.8. The summed E-state index contributed by atoms with van der Waals surface area (Å²) in [7, 11) is 3.58. The molecule has 1 amide bonds. The van der Waals surface area contributed by atoms with Gasteiger partial charge in [-0.15, -0.1) is 0 Å². The lowest BCUT2D eigenvalue weighted by Gasteiger charge is -2.16. The van der Waals surface area contributed by atoms with Crippen molar-refractivity contribution in [3.05, 3.63) is 29.0 Å². The molecule has 0 aromatic carbocycles. The van der Waals surface area contributed by atoms with Gasteiger partial charge in [-0.1, -0.05) is 17.7 Å². The zero-order chi connectivity index (χ0) is 11.3. The first-order valence-corrected chi connectivity index (χ1v) is 5.05. The van der Waals surface area contributed by atoms with Gasteiger partial charge in [-0.25, -0.2) is 4.98 Å². The summed E-state index contributed by atoms with van der Waals surface area (Å²) >= 11 is 5.70. The second kappa shape index (κ2) is 5.68. The third-order valence-electron chi connectivity index (χ3n) is 1.98. The summed E-state index contributed by atoms with van der Waals surface area (Å²) < 4.78 is 0. The van der Waals surface area contributed by atoms with E-state index < -0.39 is 0 Å². The zero-order valence-corrected chi connectivity index (χ0v) is 9.58. The molecule has 0 saturated carbocycles. The van der Waals surface area contributed by atoms with Crippen molar-refractivity contribution in [2.45, 2.75) is 0 Å². The van der Waals surface area contributed by atoms with Crippen molar-refractivity contribution in [2.24, 2.45) is 0 Å². The Morgan fingerprint density at radius 2 is 2.33 bits per heavy atom. The summed E-state index contributed by atoms with van der Waals surface area (Å²) in [6.07, 6.45) is 0. The molecule has 0 unspecified atom stereocenters. The number of carbonyl (C=O) groups is 1. The number of nitrogens with zero attached hydrogens (tertiary/aromatic N) is 2. The number of pyridine rings is 1. The quantitative estimate of drug-likeness (QED) is 0.782. The topological polar surface area (TPSA) is 45.2 Å². The van der Waals surface area contributed by atoms with Gasteiger partial charge in [-0.2, -0.15) is 0 Å². The molecular formula is C10H14ClN3O. The van der Waals surface area contributed by atoms with E-state index in [2.05, 4.69) is 10.3 Å². The minimum atomic E-state index is -0.118. The maximum Gasteiger partial charge on any atom is 0.272 e. The first kappa shape index (κ1) is 11.9. The van der Waals surface area contributed by atoms with Crippen LogP contribution in [0.5, 0.6) is 0 Å². The molecule has 0 saturated heterocycles. The first-order chi connectivity index (χ1) is 7.15. The Hall–Kier alpha value is -1.13. The smallest absolute Gasteiger partial charge is 0.272 e. The number of amides is 1. The third kappa shape index (κ3) is 3.49. The lowest BCUT2D eigenvalue weighted by Crippen LogP contribution is -2.33. The molecule has 0 spiro atoms. The van der Waals surface area contributed by atoms with E-state index in [1.165, 1.54) is 0 Å². The number of halogens is 1. The molecular weight excluding hydrogens is 214 g/mol. The summed E-state index contributed by atoms with van der Waals surface area (Å²) in [6, 6.07) is 5.02. The van der Waals surface area contributed by atoms with Crippen LogP contribution in [0, 0.1) is 0 Å². The lowest BCUT2D eigenvalue weighted by atomic mass is 10.3. The predicted molar refractivity (Wildman–Crippen MR) is 60.1 cm³/mol. The molecule has 1 rings (SSSR count). The van der Waals surface area contributed by atoms with Gasteiger partial charge >= 0.3 is 0 Å². The van der Waals surface area contributed by atoms with Crippen LogP contribution in [-0.2, 0) is 0 Å². The number of nitrogens with one attached hydrogen (secondary N) is 1. The number of hydrogen-bond donors (Lipinski definition) is 1. The van der Waals surface area contributed by atoms with E-state index in [-0.39, 0.29) is 5.91 Å². The van der Waals surface area contributed by atoms with Gasteiger partial charge in [0.1, 0.15) is 10.8 Å². The van der Waals surface area contributed by atoms with Crippen LogP contribution in [0.4, 0.5) is 0 Å². The van der Waals surface area contributed by atoms with Gasteiger partial charge < -0.3 is 10.2 Å². The average molecular weight is 228 g/mol. The molecule has 5 heteroatoms. The molecule has 15 heavy (non-hydrogen) atoms. The summed E-state index contributed by atoms with van der Waals surface area (Å²) in [5, 5.41) is 3.31. The van der Waals surface area contributed by atoms with Crippen molar-refractivity contribution in [2.75, 3.05) is 27.2 Å². The van der Waals surface area contributed by atoms with Gasteiger partial charge in [0, 0.05) is 20.1 Å². The van der Waals surface area contributed by atoms with Crippen LogP contribution in [0.15, 0.2) is 18.2 Å². The van der Waals surface area contributed by atoms with Crippen LogP contribution in [0.3, 0.4) is 0 Å². The molecule has 82 valence electrons. The fourth-order valence-corrected chi connectivity index (χ4v) is 1.27. The van der Waals surface area contributed by atoms with Crippen molar-refractivity contribution in [3.8, 4) is 0 Å².